The summed E-state index contributed by atoms with van der Waals surface area (Å²) in [6, 6.07) is 10.6. The molecule has 0 aliphatic carbocycles. The number of esters is 1. The lowest BCUT2D eigenvalue weighted by Crippen LogP contribution is -2.24. The molecular formula is C19H21NO7S. The molecule has 0 saturated carbocycles. The molecule has 150 valence electrons. The molecule has 28 heavy (non-hydrogen) atoms. The van der Waals surface area contributed by atoms with Crippen LogP contribution < -0.4 is 13.8 Å². The van der Waals surface area contributed by atoms with Crippen molar-refractivity contribution < 1.29 is 32.2 Å². The Morgan fingerprint density at radius 3 is 2.18 bits per heavy atom. The third-order valence-electron chi connectivity index (χ3n) is 4.01. The van der Waals surface area contributed by atoms with Crippen LogP contribution in [0.4, 0.5) is 5.69 Å². The molecule has 2 aromatic rings. The van der Waals surface area contributed by atoms with Crippen LogP contribution in [0.5, 0.6) is 11.5 Å². The Morgan fingerprint density at radius 1 is 1.00 bits per heavy atom. The Balaban J connectivity index is 2.05. The highest BCUT2D eigenvalue weighted by molar-refractivity contribution is 7.92. The highest BCUT2D eigenvalue weighted by atomic mass is 32.2. The van der Waals surface area contributed by atoms with Crippen molar-refractivity contribution in [1.82, 2.24) is 0 Å². The van der Waals surface area contributed by atoms with E-state index in [2.05, 4.69) is 0 Å². The molecule has 0 atom stereocenters. The van der Waals surface area contributed by atoms with Crippen molar-refractivity contribution in [3.63, 3.8) is 0 Å². The topological polar surface area (TPSA) is 99.2 Å². The number of carbonyl (C=O) groups excluding carboxylic acids is 2. The predicted octanol–water partition coefficient (Wildman–Crippen LogP) is 2.14. The number of methoxy groups -OCH3 is 2. The number of ketones is 1. The zero-order valence-electron chi connectivity index (χ0n) is 16.0. The normalized spacial score (nSPS) is 10.9. The maximum Gasteiger partial charge on any atom is 0.342 e. The molecule has 0 unspecified atom stereocenters. The molecule has 0 aliphatic heterocycles. The van der Waals surface area contributed by atoms with Crippen molar-refractivity contribution in [3.8, 4) is 11.5 Å². The van der Waals surface area contributed by atoms with Gasteiger partial charge in [0.05, 0.1) is 26.2 Å². The van der Waals surface area contributed by atoms with Crippen LogP contribution in [0.3, 0.4) is 0 Å². The first-order chi connectivity index (χ1) is 13.2. The third-order valence-corrected chi connectivity index (χ3v) is 5.22. The molecule has 0 aliphatic rings. The zero-order valence-corrected chi connectivity index (χ0v) is 16.8. The van der Waals surface area contributed by atoms with E-state index in [1.165, 1.54) is 57.7 Å². The standard InChI is InChI=1S/C19H21NO7S/c1-20(28(4,23)24)14-7-5-13(6-8-14)17(21)12-27-19(22)16-10-9-15(25-2)11-18(16)26-3/h5-11H,12H2,1-4H3. The maximum absolute atomic E-state index is 12.3. The number of hydrogen-bond donors (Lipinski definition) is 0. The molecule has 0 saturated heterocycles. The first-order valence-electron chi connectivity index (χ1n) is 8.13. The highest BCUT2D eigenvalue weighted by Crippen LogP contribution is 2.25. The molecule has 0 amide bonds. The van der Waals surface area contributed by atoms with E-state index in [-0.39, 0.29) is 11.3 Å². The molecule has 0 aromatic heterocycles. The number of benzene rings is 2. The number of anilines is 1. The van der Waals surface area contributed by atoms with Gasteiger partial charge in [-0.3, -0.25) is 9.10 Å². The summed E-state index contributed by atoms with van der Waals surface area (Å²) in [6.07, 6.45) is 1.08. The SMILES string of the molecule is COc1ccc(C(=O)OCC(=O)c2ccc(N(C)S(C)(=O)=O)cc2)c(OC)c1. The molecule has 0 bridgehead atoms. The summed E-state index contributed by atoms with van der Waals surface area (Å²) >= 11 is 0. The third kappa shape index (κ3) is 5.01. The molecule has 0 spiro atoms. The second kappa shape index (κ2) is 8.75. The molecule has 2 aromatic carbocycles. The summed E-state index contributed by atoms with van der Waals surface area (Å²) in [5.41, 5.74) is 0.875. The molecule has 2 rings (SSSR count). The second-order valence-electron chi connectivity index (χ2n) is 5.84. The average Bonchev–Trinajstić information content (AvgIpc) is 2.70. The fourth-order valence-corrected chi connectivity index (χ4v) is 2.81. The van der Waals surface area contributed by atoms with E-state index in [9.17, 15) is 18.0 Å². The number of nitrogens with zero attached hydrogens (tertiary/aromatic N) is 1. The highest BCUT2D eigenvalue weighted by Gasteiger charge is 2.17. The van der Waals surface area contributed by atoms with Crippen molar-refractivity contribution in [2.75, 3.05) is 38.4 Å². The van der Waals surface area contributed by atoms with Crippen molar-refractivity contribution in [3.05, 3.63) is 53.6 Å². The van der Waals surface area contributed by atoms with Gasteiger partial charge in [-0.15, -0.1) is 0 Å². The van der Waals surface area contributed by atoms with Gasteiger partial charge in [0.2, 0.25) is 10.0 Å². The lowest BCUT2D eigenvalue weighted by atomic mass is 10.1. The number of hydrogen-bond acceptors (Lipinski definition) is 7. The molecule has 0 fully saturated rings. The van der Waals surface area contributed by atoms with Crippen LogP contribution in [-0.4, -0.2) is 54.3 Å². The predicted molar refractivity (Wildman–Crippen MR) is 104 cm³/mol. The van der Waals surface area contributed by atoms with Gasteiger partial charge in [-0.2, -0.15) is 0 Å². The van der Waals surface area contributed by atoms with E-state index in [4.69, 9.17) is 14.2 Å². The molecule has 0 heterocycles. The van der Waals surface area contributed by atoms with Crippen molar-refractivity contribution >= 4 is 27.5 Å². The minimum Gasteiger partial charge on any atom is -0.497 e. The number of carbonyl (C=O) groups is 2. The van der Waals surface area contributed by atoms with Crippen molar-refractivity contribution in [2.24, 2.45) is 0 Å². The summed E-state index contributed by atoms with van der Waals surface area (Å²) in [4.78, 5) is 24.5. The molecule has 8 nitrogen and oxygen atoms in total. The van der Waals surface area contributed by atoms with E-state index in [1.807, 2.05) is 0 Å². The number of Topliss-reactive ketones (excluding diaryl/α,β-unsaturated/α-hetero) is 1. The fourth-order valence-electron chi connectivity index (χ4n) is 2.31. The van der Waals surface area contributed by atoms with Gasteiger partial charge < -0.3 is 14.2 Å². The van der Waals surface area contributed by atoms with E-state index in [1.54, 1.807) is 6.07 Å². The van der Waals surface area contributed by atoms with Crippen LogP contribution >= 0.6 is 0 Å². The van der Waals surface area contributed by atoms with Gasteiger partial charge in [-0.25, -0.2) is 13.2 Å². The molecular weight excluding hydrogens is 386 g/mol. The van der Waals surface area contributed by atoms with Crippen molar-refractivity contribution in [1.29, 1.82) is 0 Å². The summed E-state index contributed by atoms with van der Waals surface area (Å²) in [6.45, 7) is -0.463. The number of ether oxygens (including phenoxy) is 3. The van der Waals surface area contributed by atoms with Crippen LogP contribution in [-0.2, 0) is 14.8 Å². The first kappa shape index (κ1) is 21.2. The summed E-state index contributed by atoms with van der Waals surface area (Å²) in [7, 11) is 0.917. The Hall–Kier alpha value is -3.07. The van der Waals surface area contributed by atoms with Gasteiger partial charge in [-0.05, 0) is 36.4 Å². The maximum atomic E-state index is 12.3. The molecule has 0 radical (unpaired) electrons. The average molecular weight is 407 g/mol. The van der Waals surface area contributed by atoms with E-state index < -0.39 is 28.4 Å². The summed E-state index contributed by atoms with van der Waals surface area (Å²) < 4.78 is 39.5. The van der Waals surface area contributed by atoms with Gasteiger partial charge in [0.15, 0.2) is 12.4 Å². The Kier molecular flexibility index (Phi) is 6.63. The van der Waals surface area contributed by atoms with E-state index >= 15 is 0 Å². The summed E-state index contributed by atoms with van der Waals surface area (Å²) in [5, 5.41) is 0. The number of sulfonamides is 1. The van der Waals surface area contributed by atoms with Crippen LogP contribution in [0.15, 0.2) is 42.5 Å². The van der Waals surface area contributed by atoms with E-state index in [0.29, 0.717) is 17.0 Å². The van der Waals surface area contributed by atoms with Crippen LogP contribution in [0, 0.1) is 0 Å². The second-order valence-corrected chi connectivity index (χ2v) is 7.86. The van der Waals surface area contributed by atoms with Gasteiger partial charge >= 0.3 is 5.97 Å². The first-order valence-corrected chi connectivity index (χ1v) is 9.98. The van der Waals surface area contributed by atoms with Crippen LogP contribution in [0.1, 0.15) is 20.7 Å². The smallest absolute Gasteiger partial charge is 0.342 e. The largest absolute Gasteiger partial charge is 0.497 e. The molecule has 0 N–H and O–H groups in total. The quantitative estimate of drug-likeness (QED) is 0.488. The van der Waals surface area contributed by atoms with Gasteiger partial charge in [0.25, 0.3) is 0 Å². The van der Waals surface area contributed by atoms with Gasteiger partial charge in [0, 0.05) is 18.7 Å². The Bertz CT molecular complexity index is 968. The zero-order chi connectivity index (χ0) is 20.9. The lowest BCUT2D eigenvalue weighted by Gasteiger charge is -2.16. The minimum absolute atomic E-state index is 0.168. The Morgan fingerprint density at radius 2 is 1.64 bits per heavy atom. The fraction of sp³-hybridized carbons (Fsp3) is 0.263. The minimum atomic E-state index is -3.39. The van der Waals surface area contributed by atoms with E-state index in [0.717, 1.165) is 10.6 Å². The van der Waals surface area contributed by atoms with Crippen molar-refractivity contribution in [2.45, 2.75) is 0 Å². The number of rotatable bonds is 8. The lowest BCUT2D eigenvalue weighted by molar-refractivity contribution is 0.0471. The monoisotopic (exact) mass is 407 g/mol. The summed E-state index contributed by atoms with van der Waals surface area (Å²) in [5.74, 6) is -0.343. The van der Waals surface area contributed by atoms with Crippen LogP contribution in [0.25, 0.3) is 0 Å². The van der Waals surface area contributed by atoms with Crippen LogP contribution in [0.2, 0.25) is 0 Å². The van der Waals surface area contributed by atoms with Gasteiger partial charge in [0.1, 0.15) is 17.1 Å². The molecule has 9 heteroatoms. The Labute approximate surface area is 163 Å². The van der Waals surface area contributed by atoms with Gasteiger partial charge in [-0.1, -0.05) is 0 Å².